The standard InChI is InChI=1S/C19H20O4/c1-12-8-13(2)19(14(3)9-12)23-18(21)11-22-17-7-5-6-16(10-17)15(4)20/h5-10H,11H2,1-4H3. The molecule has 0 N–H and O–H groups in total. The van der Waals surface area contributed by atoms with Crippen molar-refractivity contribution in [3.05, 3.63) is 58.7 Å². The molecule has 0 saturated carbocycles. The van der Waals surface area contributed by atoms with Gasteiger partial charge in [0.15, 0.2) is 12.4 Å². The number of carbonyl (C=O) groups is 2. The zero-order valence-corrected chi connectivity index (χ0v) is 13.8. The van der Waals surface area contributed by atoms with E-state index >= 15 is 0 Å². The highest BCUT2D eigenvalue weighted by molar-refractivity contribution is 5.94. The smallest absolute Gasteiger partial charge is 0.349 e. The Bertz CT molecular complexity index is 724. The van der Waals surface area contributed by atoms with Crippen LogP contribution in [0.5, 0.6) is 11.5 Å². The Morgan fingerprint density at radius 1 is 1.00 bits per heavy atom. The molecule has 0 aliphatic carbocycles. The molecule has 4 nitrogen and oxygen atoms in total. The number of benzene rings is 2. The van der Waals surface area contributed by atoms with Crippen LogP contribution in [0.3, 0.4) is 0 Å². The van der Waals surface area contributed by atoms with Crippen LogP contribution in [0.15, 0.2) is 36.4 Å². The Kier molecular flexibility index (Phi) is 5.16. The second-order valence-electron chi connectivity index (χ2n) is 5.57. The molecule has 0 radical (unpaired) electrons. The molecule has 23 heavy (non-hydrogen) atoms. The summed E-state index contributed by atoms with van der Waals surface area (Å²) in [5.41, 5.74) is 3.49. The van der Waals surface area contributed by atoms with Crippen LogP contribution < -0.4 is 9.47 Å². The van der Waals surface area contributed by atoms with Crippen LogP contribution in [0.2, 0.25) is 0 Å². The quantitative estimate of drug-likeness (QED) is 0.479. The summed E-state index contributed by atoms with van der Waals surface area (Å²) in [4.78, 5) is 23.3. The SMILES string of the molecule is CC(=O)c1cccc(OCC(=O)Oc2c(C)cc(C)cc2C)c1. The van der Waals surface area contributed by atoms with Gasteiger partial charge in [0.2, 0.25) is 0 Å². The van der Waals surface area contributed by atoms with Crippen LogP contribution in [-0.2, 0) is 4.79 Å². The van der Waals surface area contributed by atoms with Gasteiger partial charge >= 0.3 is 5.97 Å². The molecule has 2 aromatic carbocycles. The normalized spacial score (nSPS) is 10.3. The second kappa shape index (κ2) is 7.09. The molecular weight excluding hydrogens is 292 g/mol. The van der Waals surface area contributed by atoms with Gasteiger partial charge in [0.1, 0.15) is 11.5 Å². The number of Topliss-reactive ketones (excluding diaryl/α,β-unsaturated/α-hetero) is 1. The number of esters is 1. The molecule has 0 atom stereocenters. The van der Waals surface area contributed by atoms with Gasteiger partial charge in [-0.2, -0.15) is 0 Å². The molecular formula is C19H20O4. The Labute approximate surface area is 136 Å². The van der Waals surface area contributed by atoms with E-state index in [4.69, 9.17) is 9.47 Å². The van der Waals surface area contributed by atoms with E-state index in [-0.39, 0.29) is 12.4 Å². The number of aryl methyl sites for hydroxylation is 3. The van der Waals surface area contributed by atoms with Gasteiger partial charge in [-0.15, -0.1) is 0 Å². The minimum atomic E-state index is -0.478. The first-order valence-electron chi connectivity index (χ1n) is 7.39. The van der Waals surface area contributed by atoms with Gasteiger partial charge in [-0.05, 0) is 51.0 Å². The molecule has 0 fully saturated rings. The average molecular weight is 312 g/mol. The molecule has 0 aliphatic heterocycles. The van der Waals surface area contributed by atoms with E-state index in [1.165, 1.54) is 6.92 Å². The lowest BCUT2D eigenvalue weighted by Gasteiger charge is -2.12. The fourth-order valence-corrected chi connectivity index (χ4v) is 2.42. The first-order valence-corrected chi connectivity index (χ1v) is 7.39. The molecule has 0 unspecified atom stereocenters. The summed E-state index contributed by atoms with van der Waals surface area (Å²) in [5, 5.41) is 0. The van der Waals surface area contributed by atoms with Crippen molar-refractivity contribution in [3.8, 4) is 11.5 Å². The van der Waals surface area contributed by atoms with Gasteiger partial charge in [0, 0.05) is 5.56 Å². The predicted molar refractivity (Wildman–Crippen MR) is 88.2 cm³/mol. The van der Waals surface area contributed by atoms with Crippen LogP contribution >= 0.6 is 0 Å². The lowest BCUT2D eigenvalue weighted by atomic mass is 10.1. The minimum Gasteiger partial charge on any atom is -0.482 e. The van der Waals surface area contributed by atoms with Gasteiger partial charge in [-0.3, -0.25) is 4.79 Å². The van der Waals surface area contributed by atoms with Crippen LogP contribution in [0.4, 0.5) is 0 Å². The van der Waals surface area contributed by atoms with Crippen LogP contribution in [0, 0.1) is 20.8 Å². The number of hydrogen-bond donors (Lipinski definition) is 0. The van der Waals surface area contributed by atoms with Crippen molar-refractivity contribution in [2.45, 2.75) is 27.7 Å². The zero-order valence-electron chi connectivity index (χ0n) is 13.8. The van der Waals surface area contributed by atoms with E-state index in [1.807, 2.05) is 32.9 Å². The molecule has 0 amide bonds. The molecule has 0 saturated heterocycles. The van der Waals surface area contributed by atoms with Crippen molar-refractivity contribution in [2.75, 3.05) is 6.61 Å². The maximum Gasteiger partial charge on any atom is 0.349 e. The van der Waals surface area contributed by atoms with Gasteiger partial charge in [0.25, 0.3) is 0 Å². The van der Waals surface area contributed by atoms with Crippen LogP contribution in [-0.4, -0.2) is 18.4 Å². The highest BCUT2D eigenvalue weighted by atomic mass is 16.6. The average Bonchev–Trinajstić information content (AvgIpc) is 2.49. The van der Waals surface area contributed by atoms with Crippen molar-refractivity contribution in [1.29, 1.82) is 0 Å². The van der Waals surface area contributed by atoms with Crippen LogP contribution in [0.25, 0.3) is 0 Å². The fourth-order valence-electron chi connectivity index (χ4n) is 2.42. The van der Waals surface area contributed by atoms with E-state index < -0.39 is 5.97 Å². The van der Waals surface area contributed by atoms with Crippen molar-refractivity contribution in [3.63, 3.8) is 0 Å². The summed E-state index contributed by atoms with van der Waals surface area (Å²) in [6.07, 6.45) is 0. The van der Waals surface area contributed by atoms with Gasteiger partial charge in [-0.1, -0.05) is 29.8 Å². The van der Waals surface area contributed by atoms with Crippen molar-refractivity contribution in [1.82, 2.24) is 0 Å². The van der Waals surface area contributed by atoms with Gasteiger partial charge in [0.05, 0.1) is 0 Å². The van der Waals surface area contributed by atoms with Crippen molar-refractivity contribution >= 4 is 11.8 Å². The third kappa shape index (κ3) is 4.42. The summed E-state index contributed by atoms with van der Waals surface area (Å²) in [7, 11) is 0. The van der Waals surface area contributed by atoms with E-state index in [9.17, 15) is 9.59 Å². The summed E-state index contributed by atoms with van der Waals surface area (Å²) in [6, 6.07) is 10.7. The molecule has 0 bridgehead atoms. The second-order valence-corrected chi connectivity index (χ2v) is 5.57. The number of ether oxygens (including phenoxy) is 2. The molecule has 0 heterocycles. The van der Waals surface area contributed by atoms with E-state index in [0.717, 1.165) is 16.7 Å². The predicted octanol–water partition coefficient (Wildman–Crippen LogP) is 3.80. The number of rotatable bonds is 5. The largest absolute Gasteiger partial charge is 0.482 e. The molecule has 2 rings (SSSR count). The first-order chi connectivity index (χ1) is 10.9. The number of ketones is 1. The number of carbonyl (C=O) groups excluding carboxylic acids is 2. The highest BCUT2D eigenvalue weighted by Crippen LogP contribution is 2.24. The highest BCUT2D eigenvalue weighted by Gasteiger charge is 2.12. The van der Waals surface area contributed by atoms with Crippen LogP contribution in [0.1, 0.15) is 34.0 Å². The summed E-state index contributed by atoms with van der Waals surface area (Å²) in [5.74, 6) is 0.505. The maximum absolute atomic E-state index is 12.0. The topological polar surface area (TPSA) is 52.6 Å². The Morgan fingerprint density at radius 2 is 1.65 bits per heavy atom. The first kappa shape index (κ1) is 16.7. The third-order valence-corrected chi connectivity index (χ3v) is 3.42. The van der Waals surface area contributed by atoms with Gasteiger partial charge < -0.3 is 9.47 Å². The fraction of sp³-hybridized carbons (Fsp3) is 0.263. The molecule has 2 aromatic rings. The zero-order chi connectivity index (χ0) is 17.0. The summed E-state index contributed by atoms with van der Waals surface area (Å²) in [6.45, 7) is 7.07. The molecule has 0 aromatic heterocycles. The molecule has 4 heteroatoms. The maximum atomic E-state index is 12.0. The van der Waals surface area contributed by atoms with E-state index in [1.54, 1.807) is 24.3 Å². The van der Waals surface area contributed by atoms with Crippen molar-refractivity contribution in [2.24, 2.45) is 0 Å². The van der Waals surface area contributed by atoms with E-state index in [2.05, 4.69) is 0 Å². The lowest BCUT2D eigenvalue weighted by molar-refractivity contribution is -0.136. The Balaban J connectivity index is 2.01. The molecule has 0 spiro atoms. The lowest BCUT2D eigenvalue weighted by Crippen LogP contribution is -2.18. The molecule has 0 aliphatic rings. The van der Waals surface area contributed by atoms with E-state index in [0.29, 0.717) is 17.1 Å². The third-order valence-electron chi connectivity index (χ3n) is 3.42. The van der Waals surface area contributed by atoms with Gasteiger partial charge in [-0.25, -0.2) is 4.79 Å². The minimum absolute atomic E-state index is 0.0519. The summed E-state index contributed by atoms with van der Waals surface area (Å²) >= 11 is 0. The van der Waals surface area contributed by atoms with Crippen molar-refractivity contribution < 1.29 is 19.1 Å². The monoisotopic (exact) mass is 312 g/mol. The molecule has 120 valence electrons. The Morgan fingerprint density at radius 3 is 2.26 bits per heavy atom. The number of hydrogen-bond acceptors (Lipinski definition) is 4. The summed E-state index contributed by atoms with van der Waals surface area (Å²) < 4.78 is 10.8. The Hall–Kier alpha value is -2.62.